The molecule has 0 spiro atoms. The van der Waals surface area contributed by atoms with Gasteiger partial charge in [-0.05, 0) is 50.2 Å². The highest BCUT2D eigenvalue weighted by molar-refractivity contribution is 7.16. The Morgan fingerprint density at radius 2 is 1.51 bits per heavy atom. The minimum absolute atomic E-state index is 0.816. The van der Waals surface area contributed by atoms with Crippen LogP contribution >= 0.6 is 11.3 Å². The highest BCUT2D eigenvalue weighted by Crippen LogP contribution is 2.54. The maximum atomic E-state index is 7.05. The van der Waals surface area contributed by atoms with Gasteiger partial charge in [-0.3, -0.25) is 0 Å². The molecule has 1 aliphatic heterocycles. The average Bonchev–Trinajstić information content (AvgIpc) is 3.35. The van der Waals surface area contributed by atoms with Crippen LogP contribution in [-0.4, -0.2) is 39.3 Å². The van der Waals surface area contributed by atoms with E-state index in [4.69, 9.17) is 14.5 Å². The topological polar surface area (TPSA) is 37.8 Å². The molecular weight excluding hydrogens is 454 g/mol. The smallest absolute Gasteiger partial charge is 0.195 e. The van der Waals surface area contributed by atoms with Crippen molar-refractivity contribution in [3.8, 4) is 22.8 Å². The summed E-state index contributed by atoms with van der Waals surface area (Å²) in [6.07, 6.45) is 0. The van der Waals surface area contributed by atoms with Crippen molar-refractivity contribution >= 4 is 22.2 Å². The summed E-state index contributed by atoms with van der Waals surface area (Å²) >= 11 is 1.72. The zero-order valence-electron chi connectivity index (χ0n) is 20.9. The van der Waals surface area contributed by atoms with Crippen molar-refractivity contribution in [1.29, 1.82) is 0 Å². The van der Waals surface area contributed by atoms with E-state index in [1.54, 1.807) is 18.4 Å². The first-order chi connectivity index (χ1) is 17.0. The summed E-state index contributed by atoms with van der Waals surface area (Å²) in [5.74, 6) is 1.65. The van der Waals surface area contributed by atoms with Gasteiger partial charge in [-0.1, -0.05) is 47.7 Å². The standard InChI is InChI=1S/C29H31N3O2S/c1-6-32(7-2)28-30-26-24-10-8-9-11-25(24)34-29(27(26)35-28,21-14-18-23(33-5)19-15-21)20-12-16-22(17-13-20)31(3)4/h8-19H,6-7H2,1-5H3. The number of methoxy groups -OCH3 is 1. The van der Waals surface area contributed by atoms with E-state index >= 15 is 0 Å². The van der Waals surface area contributed by atoms with Gasteiger partial charge >= 0.3 is 0 Å². The van der Waals surface area contributed by atoms with Crippen molar-refractivity contribution in [3.63, 3.8) is 0 Å². The molecule has 0 bridgehead atoms. The Balaban J connectivity index is 1.81. The Morgan fingerprint density at radius 1 is 0.886 bits per heavy atom. The number of hydrogen-bond donors (Lipinski definition) is 0. The van der Waals surface area contributed by atoms with E-state index in [0.29, 0.717) is 0 Å². The number of anilines is 2. The molecular formula is C29H31N3O2S. The first-order valence-electron chi connectivity index (χ1n) is 12.0. The van der Waals surface area contributed by atoms with Crippen LogP contribution in [0.15, 0.2) is 72.8 Å². The molecule has 0 saturated heterocycles. The summed E-state index contributed by atoms with van der Waals surface area (Å²) in [5, 5.41) is 1.02. The molecule has 5 nitrogen and oxygen atoms in total. The fourth-order valence-electron chi connectivity index (χ4n) is 4.69. The average molecular weight is 486 g/mol. The second kappa shape index (κ2) is 9.27. The molecule has 0 N–H and O–H groups in total. The monoisotopic (exact) mass is 485 g/mol. The van der Waals surface area contributed by atoms with Crippen molar-refractivity contribution in [2.75, 3.05) is 44.1 Å². The van der Waals surface area contributed by atoms with Crippen molar-refractivity contribution in [2.24, 2.45) is 0 Å². The van der Waals surface area contributed by atoms with E-state index in [-0.39, 0.29) is 0 Å². The lowest BCUT2D eigenvalue weighted by molar-refractivity contribution is 0.155. The highest BCUT2D eigenvalue weighted by atomic mass is 32.1. The predicted molar refractivity (Wildman–Crippen MR) is 145 cm³/mol. The van der Waals surface area contributed by atoms with Gasteiger partial charge in [0.15, 0.2) is 10.7 Å². The summed E-state index contributed by atoms with van der Waals surface area (Å²) in [4.78, 5) is 10.7. The van der Waals surface area contributed by atoms with E-state index < -0.39 is 5.60 Å². The summed E-state index contributed by atoms with van der Waals surface area (Å²) < 4.78 is 12.5. The number of para-hydroxylation sites is 1. The van der Waals surface area contributed by atoms with Crippen LogP contribution in [0.4, 0.5) is 10.8 Å². The molecule has 180 valence electrons. The maximum absolute atomic E-state index is 7.05. The van der Waals surface area contributed by atoms with Crippen molar-refractivity contribution < 1.29 is 9.47 Å². The summed E-state index contributed by atoms with van der Waals surface area (Å²) in [6, 6.07) is 25.1. The van der Waals surface area contributed by atoms with Gasteiger partial charge in [0.1, 0.15) is 11.5 Å². The molecule has 1 aliphatic rings. The summed E-state index contributed by atoms with van der Waals surface area (Å²) in [5.41, 5.74) is 4.45. The molecule has 5 rings (SSSR count). The molecule has 1 unspecified atom stereocenters. The fourth-order valence-corrected chi connectivity index (χ4v) is 6.07. The number of aromatic nitrogens is 1. The van der Waals surface area contributed by atoms with Crippen molar-refractivity contribution in [1.82, 2.24) is 4.98 Å². The third-order valence-electron chi connectivity index (χ3n) is 6.66. The Labute approximate surface area is 211 Å². The van der Waals surface area contributed by atoms with Crippen LogP contribution in [0.5, 0.6) is 11.5 Å². The van der Waals surface area contributed by atoms with Crippen LogP contribution in [0.3, 0.4) is 0 Å². The maximum Gasteiger partial charge on any atom is 0.195 e. The number of thiazole rings is 1. The Morgan fingerprint density at radius 3 is 2.11 bits per heavy atom. The minimum Gasteiger partial charge on any atom is -0.497 e. The Bertz CT molecular complexity index is 1310. The molecule has 0 saturated carbocycles. The van der Waals surface area contributed by atoms with E-state index in [1.807, 2.05) is 24.3 Å². The quantitative estimate of drug-likeness (QED) is 0.302. The molecule has 0 fully saturated rings. The third kappa shape index (κ3) is 3.82. The largest absolute Gasteiger partial charge is 0.497 e. The predicted octanol–water partition coefficient (Wildman–Crippen LogP) is 6.42. The number of nitrogens with zero attached hydrogens (tertiary/aromatic N) is 3. The van der Waals surface area contributed by atoms with E-state index in [0.717, 1.165) is 62.7 Å². The molecule has 1 atom stereocenters. The van der Waals surface area contributed by atoms with Gasteiger partial charge in [0, 0.05) is 49.6 Å². The second-order valence-corrected chi connectivity index (χ2v) is 9.77. The van der Waals surface area contributed by atoms with Gasteiger partial charge in [-0.25, -0.2) is 4.98 Å². The van der Waals surface area contributed by atoms with Gasteiger partial charge in [0.2, 0.25) is 0 Å². The lowest BCUT2D eigenvalue weighted by atomic mass is 9.81. The van der Waals surface area contributed by atoms with E-state index in [2.05, 4.69) is 86.3 Å². The summed E-state index contributed by atoms with van der Waals surface area (Å²) in [7, 11) is 5.80. The number of hydrogen-bond acceptors (Lipinski definition) is 6. The molecule has 2 heterocycles. The van der Waals surface area contributed by atoms with Crippen LogP contribution in [0.25, 0.3) is 11.3 Å². The van der Waals surface area contributed by atoms with Crippen LogP contribution in [-0.2, 0) is 5.60 Å². The molecule has 0 aliphatic carbocycles. The number of rotatable bonds is 7. The van der Waals surface area contributed by atoms with E-state index in [1.165, 1.54) is 0 Å². The molecule has 0 amide bonds. The lowest BCUT2D eigenvalue weighted by Gasteiger charge is -2.39. The highest BCUT2D eigenvalue weighted by Gasteiger charge is 2.47. The van der Waals surface area contributed by atoms with E-state index in [9.17, 15) is 0 Å². The lowest BCUT2D eigenvalue weighted by Crippen LogP contribution is -2.37. The second-order valence-electron chi connectivity index (χ2n) is 8.80. The van der Waals surface area contributed by atoms with Crippen LogP contribution < -0.4 is 19.3 Å². The van der Waals surface area contributed by atoms with Gasteiger partial charge in [0.25, 0.3) is 0 Å². The van der Waals surface area contributed by atoms with Gasteiger partial charge in [0.05, 0.1) is 17.7 Å². The zero-order valence-corrected chi connectivity index (χ0v) is 21.7. The third-order valence-corrected chi connectivity index (χ3v) is 7.88. The molecule has 6 heteroatoms. The number of fused-ring (bicyclic) bond motifs is 3. The van der Waals surface area contributed by atoms with Gasteiger partial charge in [-0.15, -0.1) is 0 Å². The fraction of sp³-hybridized carbons (Fsp3) is 0.276. The Kier molecular flexibility index (Phi) is 6.15. The number of benzene rings is 3. The molecule has 3 aromatic carbocycles. The van der Waals surface area contributed by atoms with Gasteiger partial charge < -0.3 is 19.3 Å². The SMILES string of the molecule is CCN(CC)c1nc2c(s1)C(c1ccc(OC)cc1)(c1ccc(N(C)C)cc1)Oc1ccccc1-2. The van der Waals surface area contributed by atoms with Crippen molar-refractivity contribution in [3.05, 3.63) is 88.8 Å². The molecule has 0 radical (unpaired) electrons. The first kappa shape index (κ1) is 23.2. The van der Waals surface area contributed by atoms with Crippen LogP contribution in [0.1, 0.15) is 29.9 Å². The van der Waals surface area contributed by atoms with Crippen LogP contribution in [0.2, 0.25) is 0 Å². The Hall–Kier alpha value is -3.51. The number of ether oxygens (including phenoxy) is 2. The van der Waals surface area contributed by atoms with Gasteiger partial charge in [-0.2, -0.15) is 0 Å². The first-order valence-corrected chi connectivity index (χ1v) is 12.8. The van der Waals surface area contributed by atoms with Crippen LogP contribution in [0, 0.1) is 0 Å². The molecule has 35 heavy (non-hydrogen) atoms. The summed E-state index contributed by atoms with van der Waals surface area (Å²) in [6.45, 7) is 6.15. The van der Waals surface area contributed by atoms with Crippen molar-refractivity contribution in [2.45, 2.75) is 19.4 Å². The molecule has 4 aromatic rings. The molecule has 1 aromatic heterocycles. The zero-order chi connectivity index (χ0) is 24.6. The minimum atomic E-state index is -0.829. The normalized spacial score (nSPS) is 16.1.